The summed E-state index contributed by atoms with van der Waals surface area (Å²) in [4.78, 5) is 28.7. The van der Waals surface area contributed by atoms with Crippen LogP contribution in [0, 0.1) is 0 Å². The number of carbonyl (C=O) groups is 2. The van der Waals surface area contributed by atoms with Crippen LogP contribution in [0.25, 0.3) is 0 Å². The molecule has 28 heavy (non-hydrogen) atoms. The van der Waals surface area contributed by atoms with Gasteiger partial charge in [-0.15, -0.1) is 0 Å². The average molecular weight is 382 g/mol. The van der Waals surface area contributed by atoms with Crippen LogP contribution in [0.15, 0.2) is 51.7 Å². The van der Waals surface area contributed by atoms with Crippen LogP contribution in [0.2, 0.25) is 0 Å². The molecule has 0 N–H and O–H groups in total. The molecule has 1 aromatic rings. The largest absolute Gasteiger partial charge is 0.466 e. The van der Waals surface area contributed by atoms with Gasteiger partial charge in [-0.05, 0) is 50.3 Å². The molecule has 2 atom stereocenters. The summed E-state index contributed by atoms with van der Waals surface area (Å²) in [5, 5.41) is 0. The van der Waals surface area contributed by atoms with E-state index in [1.165, 1.54) is 12.7 Å². The van der Waals surface area contributed by atoms with Crippen LogP contribution in [0.5, 0.6) is 0 Å². The van der Waals surface area contributed by atoms with Crippen molar-refractivity contribution >= 4 is 18.0 Å². The van der Waals surface area contributed by atoms with Crippen molar-refractivity contribution in [1.82, 2.24) is 0 Å². The van der Waals surface area contributed by atoms with Gasteiger partial charge in [0.1, 0.15) is 6.29 Å². The fourth-order valence-electron chi connectivity index (χ4n) is 3.88. The van der Waals surface area contributed by atoms with E-state index in [9.17, 15) is 9.59 Å². The zero-order valence-corrected chi connectivity index (χ0v) is 17.8. The van der Waals surface area contributed by atoms with E-state index in [0.29, 0.717) is 11.3 Å². The second-order valence-corrected chi connectivity index (χ2v) is 7.51. The zero-order chi connectivity index (χ0) is 20.8. The van der Waals surface area contributed by atoms with Gasteiger partial charge in [-0.25, -0.2) is 4.79 Å². The number of nitrogens with zero attached hydrogens (tertiary/aromatic N) is 1. The first-order valence-corrected chi connectivity index (χ1v) is 9.95. The molecule has 150 valence electrons. The summed E-state index contributed by atoms with van der Waals surface area (Å²) < 4.78 is 5.11. The van der Waals surface area contributed by atoms with Gasteiger partial charge in [0.2, 0.25) is 0 Å². The van der Waals surface area contributed by atoms with E-state index in [4.69, 9.17) is 4.74 Å². The summed E-state index contributed by atoms with van der Waals surface area (Å²) in [6.45, 7) is 10.0. The molecule has 2 unspecified atom stereocenters. The number of benzene rings is 1. The van der Waals surface area contributed by atoms with Crippen molar-refractivity contribution in [3.63, 3.8) is 0 Å². The monoisotopic (exact) mass is 381 g/mol. The molecule has 0 aliphatic carbocycles. The van der Waals surface area contributed by atoms with Crippen LogP contribution < -0.4 is 0 Å². The maximum atomic E-state index is 12.7. The molecule has 0 fully saturated rings. The molecule has 0 amide bonds. The third-order valence-corrected chi connectivity index (χ3v) is 5.44. The Balaban J connectivity index is 2.72. The van der Waals surface area contributed by atoms with E-state index in [-0.39, 0.29) is 17.8 Å². The number of carbonyl (C=O) groups excluding carboxylic acids is 2. The van der Waals surface area contributed by atoms with Crippen molar-refractivity contribution in [2.24, 2.45) is 4.99 Å². The van der Waals surface area contributed by atoms with Crippen molar-refractivity contribution in [2.75, 3.05) is 7.11 Å². The highest BCUT2D eigenvalue weighted by Gasteiger charge is 2.34. The predicted octanol–water partition coefficient (Wildman–Crippen LogP) is 5.50. The molecule has 1 aromatic carbocycles. The highest BCUT2D eigenvalue weighted by molar-refractivity contribution is 6.07. The van der Waals surface area contributed by atoms with E-state index in [0.717, 1.165) is 48.0 Å². The topological polar surface area (TPSA) is 55.7 Å². The first-order valence-electron chi connectivity index (χ1n) is 9.95. The number of ether oxygens (including phenoxy) is 1. The number of unbranched alkanes of at least 4 members (excludes halogenated alkanes) is 1. The lowest BCUT2D eigenvalue weighted by atomic mass is 9.76. The lowest BCUT2D eigenvalue weighted by Crippen LogP contribution is -2.24. The van der Waals surface area contributed by atoms with E-state index >= 15 is 0 Å². The van der Waals surface area contributed by atoms with Crippen LogP contribution >= 0.6 is 0 Å². The summed E-state index contributed by atoms with van der Waals surface area (Å²) in [6.07, 6.45) is 4.11. The molecule has 1 heterocycles. The predicted molar refractivity (Wildman–Crippen MR) is 114 cm³/mol. The third-order valence-electron chi connectivity index (χ3n) is 5.44. The Morgan fingerprint density at radius 1 is 1.32 bits per heavy atom. The second-order valence-electron chi connectivity index (χ2n) is 7.51. The number of rotatable bonds is 7. The van der Waals surface area contributed by atoms with E-state index in [1.807, 2.05) is 45.0 Å². The van der Waals surface area contributed by atoms with Crippen LogP contribution in [0.1, 0.15) is 76.8 Å². The summed E-state index contributed by atoms with van der Waals surface area (Å²) in [6, 6.07) is 7.96. The quantitative estimate of drug-likeness (QED) is 0.463. The lowest BCUT2D eigenvalue weighted by Gasteiger charge is -2.30. The Labute approximate surface area is 168 Å². The Bertz CT molecular complexity index is 845. The average Bonchev–Trinajstić information content (AvgIpc) is 2.70. The summed E-state index contributed by atoms with van der Waals surface area (Å²) in [7, 11) is 1.41. The summed E-state index contributed by atoms with van der Waals surface area (Å²) in [5.41, 5.74) is 6.49. The van der Waals surface area contributed by atoms with Gasteiger partial charge in [0.05, 0.1) is 12.7 Å². The highest BCUT2D eigenvalue weighted by atomic mass is 16.5. The van der Waals surface area contributed by atoms with E-state index in [1.54, 1.807) is 0 Å². The maximum absolute atomic E-state index is 12.7. The smallest absolute Gasteiger partial charge is 0.336 e. The van der Waals surface area contributed by atoms with Crippen molar-refractivity contribution in [3.05, 3.63) is 57.8 Å². The van der Waals surface area contributed by atoms with Crippen LogP contribution in [-0.2, 0) is 14.3 Å². The summed E-state index contributed by atoms with van der Waals surface area (Å²) in [5.74, 6) is -0.785. The van der Waals surface area contributed by atoms with Gasteiger partial charge in [0.25, 0.3) is 0 Å². The lowest BCUT2D eigenvalue weighted by molar-refractivity contribution is -0.136. The molecule has 0 radical (unpaired) electrons. The standard InChI is InChI=1S/C24H31NO3/c1-7-8-10-15(2)21-17(4)25-18(5)22(24(27)28-6)23(21)20-12-9-11-19(13-20)16(3)14-26/h9,11-14,16,23H,7-8,10H2,1-6H3/b21-15+. The van der Waals surface area contributed by atoms with Gasteiger partial charge in [-0.3, -0.25) is 4.99 Å². The minimum Gasteiger partial charge on any atom is -0.466 e. The number of allylic oxidation sites excluding steroid dienone is 3. The Morgan fingerprint density at radius 2 is 2.04 bits per heavy atom. The minimum absolute atomic E-state index is 0.196. The van der Waals surface area contributed by atoms with Gasteiger partial charge in [0.15, 0.2) is 0 Å². The molecule has 0 spiro atoms. The van der Waals surface area contributed by atoms with Crippen LogP contribution in [-0.4, -0.2) is 25.1 Å². The number of hydrogen-bond acceptors (Lipinski definition) is 4. The van der Waals surface area contributed by atoms with Crippen molar-refractivity contribution in [2.45, 2.75) is 65.7 Å². The van der Waals surface area contributed by atoms with Gasteiger partial charge in [-0.2, -0.15) is 0 Å². The van der Waals surface area contributed by atoms with Crippen LogP contribution in [0.3, 0.4) is 0 Å². The first kappa shape index (κ1) is 21.8. The molecule has 1 aliphatic rings. The van der Waals surface area contributed by atoms with Gasteiger partial charge in [-0.1, -0.05) is 50.1 Å². The molecule has 0 bridgehead atoms. The molecule has 4 nitrogen and oxygen atoms in total. The molecule has 2 rings (SSSR count). The number of methoxy groups -OCH3 is 1. The first-order chi connectivity index (χ1) is 13.3. The van der Waals surface area contributed by atoms with Crippen LogP contribution in [0.4, 0.5) is 0 Å². The minimum atomic E-state index is -0.353. The van der Waals surface area contributed by atoms with Gasteiger partial charge < -0.3 is 9.53 Å². The van der Waals surface area contributed by atoms with Crippen molar-refractivity contribution in [1.29, 1.82) is 0 Å². The van der Waals surface area contributed by atoms with Gasteiger partial charge in [0, 0.05) is 23.2 Å². The number of aldehydes is 1. The van der Waals surface area contributed by atoms with Crippen molar-refractivity contribution in [3.8, 4) is 0 Å². The second kappa shape index (κ2) is 9.63. The molecule has 0 saturated heterocycles. The third kappa shape index (κ3) is 4.49. The molecule has 0 saturated carbocycles. The normalized spacial score (nSPS) is 19.8. The molecule has 1 aliphatic heterocycles. The molecular formula is C24H31NO3. The number of hydrogen-bond donors (Lipinski definition) is 0. The molecular weight excluding hydrogens is 350 g/mol. The Morgan fingerprint density at radius 3 is 2.64 bits per heavy atom. The zero-order valence-electron chi connectivity index (χ0n) is 17.8. The maximum Gasteiger partial charge on any atom is 0.336 e. The fourth-order valence-corrected chi connectivity index (χ4v) is 3.88. The highest BCUT2D eigenvalue weighted by Crippen LogP contribution is 2.41. The number of esters is 1. The van der Waals surface area contributed by atoms with E-state index < -0.39 is 0 Å². The SMILES string of the molecule is CCCC/C(C)=C1\C(C)=NC(C)=C(C(=O)OC)C1c1cccc(C(C)C=O)c1. The fraction of sp³-hybridized carbons (Fsp3) is 0.458. The Hall–Kier alpha value is -2.49. The summed E-state index contributed by atoms with van der Waals surface area (Å²) >= 11 is 0. The Kier molecular flexibility index (Phi) is 7.50. The van der Waals surface area contributed by atoms with Gasteiger partial charge >= 0.3 is 5.97 Å². The molecule has 4 heteroatoms. The number of aliphatic imine (C=N–C) groups is 1. The molecule has 0 aromatic heterocycles. The van der Waals surface area contributed by atoms with Crippen molar-refractivity contribution < 1.29 is 14.3 Å². The van der Waals surface area contributed by atoms with E-state index in [2.05, 4.69) is 18.8 Å².